The molecule has 2 amide bonds. The fourth-order valence-electron chi connectivity index (χ4n) is 5.24. The summed E-state index contributed by atoms with van der Waals surface area (Å²) in [6.07, 6.45) is 8.52. The molecule has 2 aromatic heterocycles. The molecule has 0 radical (unpaired) electrons. The number of hydrogen-bond acceptors (Lipinski definition) is 8. The molecule has 0 aliphatic heterocycles. The molecule has 1 aliphatic carbocycles. The molecule has 0 spiro atoms. The highest BCUT2D eigenvalue weighted by Gasteiger charge is 2.30. The molecule has 1 fully saturated rings. The molecule has 0 atom stereocenters. The van der Waals surface area contributed by atoms with Gasteiger partial charge in [0.05, 0.1) is 19.0 Å². The fourth-order valence-corrected chi connectivity index (χ4v) is 5.24. The molecule has 2 aromatic carbocycles. The van der Waals surface area contributed by atoms with Crippen LogP contribution in [0.3, 0.4) is 0 Å². The van der Waals surface area contributed by atoms with E-state index in [-0.39, 0.29) is 24.7 Å². The minimum absolute atomic E-state index is 0.0201. The minimum atomic E-state index is -0.126. The number of nitriles is 1. The van der Waals surface area contributed by atoms with Gasteiger partial charge in [0.25, 0.3) is 0 Å². The molecule has 5 rings (SSSR count). The number of hydrogen-bond donors (Lipinski definition) is 4. The summed E-state index contributed by atoms with van der Waals surface area (Å²) in [5, 5.41) is 32.2. The first-order chi connectivity index (χ1) is 20.5. The standard InChI is InChI=1S/C31H35N9O2/c1-39-21-25(20-36-39)23-7-11-27(12-8-23)40(31(42)35-18-22-5-3-2-4-6-22)28-13-9-26(10-14-28)37-30-34-19-24(17-32)29(38-30)33-15-16-41/h2-8,11-12,19-21,26,28,41H,9-10,13-16,18H2,1H3,(H,35,42)(H2,33,34,37,38)/t26-,28-. The third-order valence-electron chi connectivity index (χ3n) is 7.40. The zero-order valence-corrected chi connectivity index (χ0v) is 23.6. The summed E-state index contributed by atoms with van der Waals surface area (Å²) < 4.78 is 1.77. The van der Waals surface area contributed by atoms with Crippen molar-refractivity contribution in [2.45, 2.75) is 44.3 Å². The summed E-state index contributed by atoms with van der Waals surface area (Å²) in [7, 11) is 1.89. The summed E-state index contributed by atoms with van der Waals surface area (Å²) in [6, 6.07) is 20.0. The molecule has 4 N–H and O–H groups in total. The zero-order chi connectivity index (χ0) is 29.3. The second kappa shape index (κ2) is 13.6. The zero-order valence-electron chi connectivity index (χ0n) is 23.6. The van der Waals surface area contributed by atoms with Crippen LogP contribution in [0.2, 0.25) is 0 Å². The van der Waals surface area contributed by atoms with Gasteiger partial charge in [0.1, 0.15) is 17.5 Å². The number of nitrogens with zero attached hydrogens (tertiary/aromatic N) is 6. The number of carbonyl (C=O) groups excluding carboxylic acids is 1. The highest BCUT2D eigenvalue weighted by molar-refractivity contribution is 5.93. The Labute approximate surface area is 245 Å². The predicted molar refractivity (Wildman–Crippen MR) is 162 cm³/mol. The lowest BCUT2D eigenvalue weighted by atomic mass is 9.90. The van der Waals surface area contributed by atoms with Gasteiger partial charge < -0.3 is 21.1 Å². The summed E-state index contributed by atoms with van der Waals surface area (Å²) in [6.45, 7) is 0.675. The van der Waals surface area contributed by atoms with E-state index in [1.807, 2.05) is 78.9 Å². The lowest BCUT2D eigenvalue weighted by Gasteiger charge is -2.37. The fraction of sp³-hybridized carbons (Fsp3) is 0.323. The largest absolute Gasteiger partial charge is 0.395 e. The van der Waals surface area contributed by atoms with Crippen LogP contribution in [0.25, 0.3) is 11.1 Å². The molecular weight excluding hydrogens is 530 g/mol. The van der Waals surface area contributed by atoms with E-state index in [0.717, 1.165) is 48.1 Å². The van der Waals surface area contributed by atoms with Crippen molar-refractivity contribution in [1.29, 1.82) is 5.26 Å². The van der Waals surface area contributed by atoms with Crippen molar-refractivity contribution in [3.63, 3.8) is 0 Å². The van der Waals surface area contributed by atoms with Gasteiger partial charge in [-0.3, -0.25) is 9.58 Å². The highest BCUT2D eigenvalue weighted by Crippen LogP contribution is 2.31. The van der Waals surface area contributed by atoms with Gasteiger partial charge in [-0.15, -0.1) is 0 Å². The van der Waals surface area contributed by atoms with E-state index in [4.69, 9.17) is 5.11 Å². The van der Waals surface area contributed by atoms with Gasteiger partial charge in [-0.05, 0) is 48.9 Å². The lowest BCUT2D eigenvalue weighted by molar-refractivity contribution is 0.240. The lowest BCUT2D eigenvalue weighted by Crippen LogP contribution is -2.48. The Bertz CT molecular complexity index is 1510. The second-order valence-electron chi connectivity index (χ2n) is 10.3. The summed E-state index contributed by atoms with van der Waals surface area (Å²) in [5.41, 5.74) is 4.28. The molecule has 0 saturated heterocycles. The number of benzene rings is 2. The van der Waals surface area contributed by atoms with Crippen LogP contribution in [0.1, 0.15) is 36.8 Å². The van der Waals surface area contributed by atoms with E-state index in [9.17, 15) is 10.1 Å². The van der Waals surface area contributed by atoms with Crippen molar-refractivity contribution >= 4 is 23.5 Å². The number of carbonyl (C=O) groups is 1. The SMILES string of the molecule is Cn1cc(-c2ccc(N(C(=O)NCc3ccccc3)[C@H]3CC[C@H](Nc4ncc(C#N)c(NCCO)n4)CC3)cc2)cn1. The van der Waals surface area contributed by atoms with Crippen LogP contribution in [0.5, 0.6) is 0 Å². The quantitative estimate of drug-likeness (QED) is 0.223. The predicted octanol–water partition coefficient (Wildman–Crippen LogP) is 4.29. The van der Waals surface area contributed by atoms with Crippen LogP contribution in [-0.4, -0.2) is 56.1 Å². The van der Waals surface area contributed by atoms with E-state index in [0.29, 0.717) is 30.4 Å². The Kier molecular flexibility index (Phi) is 9.26. The average Bonchev–Trinajstić information content (AvgIpc) is 3.47. The monoisotopic (exact) mass is 565 g/mol. The third kappa shape index (κ3) is 7.03. The molecule has 216 valence electrons. The maximum Gasteiger partial charge on any atom is 0.322 e. The summed E-state index contributed by atoms with van der Waals surface area (Å²) >= 11 is 0. The van der Waals surface area contributed by atoms with Crippen molar-refractivity contribution in [2.24, 2.45) is 7.05 Å². The van der Waals surface area contributed by atoms with Crippen LogP contribution in [0.4, 0.5) is 22.2 Å². The molecule has 11 heteroatoms. The van der Waals surface area contributed by atoms with Crippen LogP contribution in [-0.2, 0) is 13.6 Å². The normalized spacial score (nSPS) is 16.3. The van der Waals surface area contributed by atoms with Gasteiger partial charge in [-0.25, -0.2) is 9.78 Å². The van der Waals surface area contributed by atoms with Crippen molar-refractivity contribution in [2.75, 3.05) is 28.7 Å². The van der Waals surface area contributed by atoms with Gasteiger partial charge in [0, 0.05) is 49.7 Å². The minimum Gasteiger partial charge on any atom is -0.395 e. The van der Waals surface area contributed by atoms with Gasteiger partial charge in [0.15, 0.2) is 0 Å². The Balaban J connectivity index is 1.28. The average molecular weight is 566 g/mol. The van der Waals surface area contributed by atoms with Crippen LogP contribution in [0.15, 0.2) is 73.2 Å². The number of anilines is 3. The first-order valence-electron chi connectivity index (χ1n) is 14.1. The Morgan fingerprint density at radius 3 is 2.50 bits per heavy atom. The Morgan fingerprint density at radius 1 is 1.07 bits per heavy atom. The summed E-state index contributed by atoms with van der Waals surface area (Å²) in [5.74, 6) is 0.829. The van der Waals surface area contributed by atoms with E-state index in [2.05, 4.69) is 37.1 Å². The molecule has 2 heterocycles. The molecule has 1 aliphatic rings. The Morgan fingerprint density at radius 2 is 1.83 bits per heavy atom. The van der Waals surface area contributed by atoms with Gasteiger partial charge >= 0.3 is 6.03 Å². The van der Waals surface area contributed by atoms with E-state index >= 15 is 0 Å². The molecular formula is C31H35N9O2. The van der Waals surface area contributed by atoms with Gasteiger partial charge in [-0.1, -0.05) is 42.5 Å². The highest BCUT2D eigenvalue weighted by atomic mass is 16.3. The number of aryl methyl sites for hydroxylation is 1. The Hall–Kier alpha value is -4.95. The van der Waals surface area contributed by atoms with Gasteiger partial charge in [0.2, 0.25) is 5.95 Å². The maximum absolute atomic E-state index is 13.6. The molecule has 0 bridgehead atoms. The first-order valence-corrected chi connectivity index (χ1v) is 14.1. The molecule has 0 unspecified atom stereocenters. The van der Waals surface area contributed by atoms with Crippen molar-refractivity contribution in [3.8, 4) is 17.2 Å². The van der Waals surface area contributed by atoms with Crippen molar-refractivity contribution in [3.05, 3.63) is 84.3 Å². The van der Waals surface area contributed by atoms with Crippen LogP contribution < -0.4 is 20.9 Å². The third-order valence-corrected chi connectivity index (χ3v) is 7.40. The topological polar surface area (TPSA) is 144 Å². The summed E-state index contributed by atoms with van der Waals surface area (Å²) in [4.78, 5) is 24.3. The number of amides is 2. The first kappa shape index (κ1) is 28.6. The number of aromatic nitrogens is 4. The molecule has 42 heavy (non-hydrogen) atoms. The van der Waals surface area contributed by atoms with Crippen molar-refractivity contribution in [1.82, 2.24) is 25.1 Å². The van der Waals surface area contributed by atoms with Crippen LogP contribution >= 0.6 is 0 Å². The number of urea groups is 1. The number of rotatable bonds is 10. The molecule has 4 aromatic rings. The van der Waals surface area contributed by atoms with E-state index in [1.165, 1.54) is 6.20 Å². The molecule has 11 nitrogen and oxygen atoms in total. The smallest absolute Gasteiger partial charge is 0.322 e. The maximum atomic E-state index is 13.6. The van der Waals surface area contributed by atoms with E-state index < -0.39 is 0 Å². The number of nitrogens with one attached hydrogen (secondary N) is 3. The van der Waals surface area contributed by atoms with Crippen LogP contribution in [0, 0.1) is 11.3 Å². The van der Waals surface area contributed by atoms with E-state index in [1.54, 1.807) is 4.68 Å². The second-order valence-corrected chi connectivity index (χ2v) is 10.3. The van der Waals surface area contributed by atoms with Gasteiger partial charge in [-0.2, -0.15) is 15.3 Å². The number of aliphatic hydroxyl groups is 1. The molecule has 1 saturated carbocycles. The van der Waals surface area contributed by atoms with Crippen molar-refractivity contribution < 1.29 is 9.90 Å². The number of aliphatic hydroxyl groups excluding tert-OH is 1.